The van der Waals surface area contributed by atoms with Crippen molar-refractivity contribution >= 4 is 45.4 Å². The Hall–Kier alpha value is -1.89. The molecule has 1 fully saturated rings. The molecular formula is C22H26ClN3O2S. The lowest BCUT2D eigenvalue weighted by Crippen LogP contribution is -2.37. The second-order valence-corrected chi connectivity index (χ2v) is 9.30. The molecule has 0 unspecified atom stereocenters. The van der Waals surface area contributed by atoms with Crippen LogP contribution in [0.15, 0.2) is 24.3 Å². The SMILES string of the molecule is O=C(CN1CCCCC1)Nc1sc2c(c1C(=O)Nc1ccc(Cl)cc1)CCCC2. The third-order valence-electron chi connectivity index (χ3n) is 5.57. The van der Waals surface area contributed by atoms with Crippen molar-refractivity contribution in [1.82, 2.24) is 4.90 Å². The highest BCUT2D eigenvalue weighted by Gasteiger charge is 2.27. The normalized spacial score (nSPS) is 16.9. The predicted molar refractivity (Wildman–Crippen MR) is 119 cm³/mol. The molecule has 2 aromatic rings. The van der Waals surface area contributed by atoms with Crippen molar-refractivity contribution in [2.45, 2.75) is 44.9 Å². The van der Waals surface area contributed by atoms with Gasteiger partial charge in [0.1, 0.15) is 5.00 Å². The average Bonchev–Trinajstić information content (AvgIpc) is 3.08. The Morgan fingerprint density at radius 2 is 1.69 bits per heavy atom. The second kappa shape index (κ2) is 9.28. The molecule has 1 aliphatic carbocycles. The summed E-state index contributed by atoms with van der Waals surface area (Å²) in [5, 5.41) is 7.32. The number of amides is 2. The molecule has 2 aliphatic rings. The molecule has 29 heavy (non-hydrogen) atoms. The van der Waals surface area contributed by atoms with Crippen LogP contribution in [0.25, 0.3) is 0 Å². The van der Waals surface area contributed by atoms with Gasteiger partial charge in [-0.2, -0.15) is 0 Å². The third kappa shape index (κ3) is 5.00. The number of likely N-dealkylation sites (tertiary alicyclic amines) is 1. The molecule has 1 aromatic heterocycles. The first-order valence-corrected chi connectivity index (χ1v) is 11.5. The zero-order valence-electron chi connectivity index (χ0n) is 16.4. The maximum atomic E-state index is 13.1. The van der Waals surface area contributed by atoms with Crippen molar-refractivity contribution in [3.63, 3.8) is 0 Å². The van der Waals surface area contributed by atoms with E-state index in [4.69, 9.17) is 11.6 Å². The first-order chi connectivity index (χ1) is 14.1. The number of nitrogens with zero attached hydrogens (tertiary/aromatic N) is 1. The number of nitrogens with one attached hydrogen (secondary N) is 2. The fraction of sp³-hybridized carbons (Fsp3) is 0.455. The molecule has 0 bridgehead atoms. The fourth-order valence-corrected chi connectivity index (χ4v) is 5.54. The van der Waals surface area contributed by atoms with Crippen molar-refractivity contribution in [3.05, 3.63) is 45.3 Å². The number of fused-ring (bicyclic) bond motifs is 1. The van der Waals surface area contributed by atoms with Gasteiger partial charge in [0.15, 0.2) is 0 Å². The van der Waals surface area contributed by atoms with Crippen LogP contribution in [0.5, 0.6) is 0 Å². The molecule has 2 heterocycles. The minimum atomic E-state index is -0.167. The smallest absolute Gasteiger partial charge is 0.258 e. The molecule has 0 spiro atoms. The maximum absolute atomic E-state index is 13.1. The molecule has 2 amide bonds. The Kier molecular flexibility index (Phi) is 6.53. The van der Waals surface area contributed by atoms with E-state index in [1.54, 1.807) is 35.6 Å². The number of carbonyl (C=O) groups is 2. The van der Waals surface area contributed by atoms with Crippen LogP contribution in [0.4, 0.5) is 10.7 Å². The summed E-state index contributed by atoms with van der Waals surface area (Å²) in [5.74, 6) is -0.203. The van der Waals surface area contributed by atoms with Crippen LogP contribution < -0.4 is 10.6 Å². The summed E-state index contributed by atoms with van der Waals surface area (Å²) < 4.78 is 0. The number of halogens is 1. The summed E-state index contributed by atoms with van der Waals surface area (Å²) in [7, 11) is 0. The number of rotatable bonds is 5. The fourth-order valence-electron chi connectivity index (χ4n) is 4.11. The van der Waals surface area contributed by atoms with E-state index in [1.807, 2.05) is 0 Å². The van der Waals surface area contributed by atoms with Crippen molar-refractivity contribution in [1.29, 1.82) is 0 Å². The highest BCUT2D eigenvalue weighted by atomic mass is 35.5. The van der Waals surface area contributed by atoms with Gasteiger partial charge in [-0.3, -0.25) is 14.5 Å². The van der Waals surface area contributed by atoms with Gasteiger partial charge in [-0.25, -0.2) is 0 Å². The Morgan fingerprint density at radius 1 is 0.966 bits per heavy atom. The van der Waals surface area contributed by atoms with Gasteiger partial charge >= 0.3 is 0 Å². The molecule has 2 N–H and O–H groups in total. The number of hydrogen-bond acceptors (Lipinski definition) is 4. The molecule has 0 saturated carbocycles. The highest BCUT2D eigenvalue weighted by Crippen LogP contribution is 2.38. The summed E-state index contributed by atoms with van der Waals surface area (Å²) in [6, 6.07) is 7.07. The minimum Gasteiger partial charge on any atom is -0.322 e. The van der Waals surface area contributed by atoms with E-state index in [-0.39, 0.29) is 11.8 Å². The van der Waals surface area contributed by atoms with Gasteiger partial charge in [0, 0.05) is 15.6 Å². The van der Waals surface area contributed by atoms with Crippen LogP contribution >= 0.6 is 22.9 Å². The zero-order valence-corrected chi connectivity index (χ0v) is 18.0. The lowest BCUT2D eigenvalue weighted by Gasteiger charge is -2.25. The van der Waals surface area contributed by atoms with E-state index in [1.165, 1.54) is 11.3 Å². The topological polar surface area (TPSA) is 61.4 Å². The molecule has 5 nitrogen and oxygen atoms in total. The van der Waals surface area contributed by atoms with Gasteiger partial charge in [-0.1, -0.05) is 18.0 Å². The van der Waals surface area contributed by atoms with Crippen LogP contribution in [0.2, 0.25) is 5.02 Å². The van der Waals surface area contributed by atoms with Gasteiger partial charge in [-0.05, 0) is 81.4 Å². The van der Waals surface area contributed by atoms with Gasteiger partial charge < -0.3 is 10.6 Å². The molecule has 154 valence electrons. The van der Waals surface area contributed by atoms with Crippen molar-refractivity contribution in [2.24, 2.45) is 0 Å². The number of anilines is 2. The minimum absolute atomic E-state index is 0.0361. The largest absolute Gasteiger partial charge is 0.322 e. The Balaban J connectivity index is 1.53. The zero-order chi connectivity index (χ0) is 20.2. The molecule has 4 rings (SSSR count). The van der Waals surface area contributed by atoms with E-state index >= 15 is 0 Å². The molecular weight excluding hydrogens is 406 g/mol. The summed E-state index contributed by atoms with van der Waals surface area (Å²) in [5.41, 5.74) is 2.42. The summed E-state index contributed by atoms with van der Waals surface area (Å²) in [6.45, 7) is 2.33. The molecule has 1 aromatic carbocycles. The molecule has 0 atom stereocenters. The number of piperidine rings is 1. The van der Waals surface area contributed by atoms with Gasteiger partial charge in [-0.15, -0.1) is 11.3 Å². The first kappa shape index (κ1) is 20.4. The van der Waals surface area contributed by atoms with Crippen molar-refractivity contribution in [2.75, 3.05) is 30.3 Å². The Labute approximate surface area is 180 Å². The second-order valence-electron chi connectivity index (χ2n) is 7.76. The van der Waals surface area contributed by atoms with Crippen LogP contribution in [0.3, 0.4) is 0 Å². The number of benzene rings is 1. The summed E-state index contributed by atoms with van der Waals surface area (Å²) in [6.07, 6.45) is 7.61. The van der Waals surface area contributed by atoms with Crippen molar-refractivity contribution < 1.29 is 9.59 Å². The van der Waals surface area contributed by atoms with Gasteiger partial charge in [0.05, 0.1) is 12.1 Å². The van der Waals surface area contributed by atoms with Gasteiger partial charge in [0.2, 0.25) is 5.91 Å². The quantitative estimate of drug-likeness (QED) is 0.703. The number of hydrogen-bond donors (Lipinski definition) is 2. The molecule has 1 saturated heterocycles. The summed E-state index contributed by atoms with van der Waals surface area (Å²) in [4.78, 5) is 29.2. The predicted octanol–water partition coefficient (Wildman–Crippen LogP) is 4.96. The Bertz CT molecular complexity index is 888. The average molecular weight is 432 g/mol. The van der Waals surface area contributed by atoms with Crippen LogP contribution in [-0.2, 0) is 17.6 Å². The standard InChI is InChI=1S/C22H26ClN3O2S/c23-15-8-10-16(11-9-15)24-21(28)20-17-6-2-3-7-18(17)29-22(20)25-19(27)14-26-12-4-1-5-13-26/h8-11H,1-7,12-14H2,(H,24,28)(H,25,27). The van der Waals surface area contributed by atoms with E-state index in [0.717, 1.165) is 57.2 Å². The number of carbonyl (C=O) groups excluding carboxylic acids is 2. The molecule has 7 heteroatoms. The Morgan fingerprint density at radius 3 is 2.45 bits per heavy atom. The van der Waals surface area contributed by atoms with Gasteiger partial charge in [0.25, 0.3) is 5.91 Å². The number of aryl methyl sites for hydroxylation is 1. The van der Waals surface area contributed by atoms with E-state index < -0.39 is 0 Å². The number of thiophene rings is 1. The van der Waals surface area contributed by atoms with E-state index in [0.29, 0.717) is 27.8 Å². The van der Waals surface area contributed by atoms with E-state index in [9.17, 15) is 9.59 Å². The first-order valence-electron chi connectivity index (χ1n) is 10.3. The monoisotopic (exact) mass is 431 g/mol. The lowest BCUT2D eigenvalue weighted by atomic mass is 9.95. The van der Waals surface area contributed by atoms with Crippen LogP contribution in [-0.4, -0.2) is 36.3 Å². The molecule has 1 aliphatic heterocycles. The van der Waals surface area contributed by atoms with E-state index in [2.05, 4.69) is 15.5 Å². The van der Waals surface area contributed by atoms with Crippen LogP contribution in [0.1, 0.15) is 52.9 Å². The molecule has 0 radical (unpaired) electrons. The summed E-state index contributed by atoms with van der Waals surface area (Å²) >= 11 is 7.50. The lowest BCUT2D eigenvalue weighted by molar-refractivity contribution is -0.117. The highest BCUT2D eigenvalue weighted by molar-refractivity contribution is 7.17. The maximum Gasteiger partial charge on any atom is 0.258 e. The third-order valence-corrected chi connectivity index (χ3v) is 7.03. The van der Waals surface area contributed by atoms with Crippen molar-refractivity contribution in [3.8, 4) is 0 Å². The van der Waals surface area contributed by atoms with Crippen LogP contribution in [0, 0.1) is 0 Å².